The van der Waals surface area contributed by atoms with Gasteiger partial charge in [0, 0.05) is 25.4 Å². The second kappa shape index (κ2) is 15.8. The minimum absolute atomic E-state index is 0.0450. The molecule has 11 nitrogen and oxygen atoms in total. The van der Waals surface area contributed by atoms with Gasteiger partial charge in [0.05, 0.1) is 24.6 Å². The number of phosphoric acid groups is 1. The molecule has 0 bridgehead atoms. The minimum Gasteiger partial charge on any atom is -0.484 e. The normalized spacial score (nSPS) is 14.7. The second-order valence-electron chi connectivity index (χ2n) is 9.05. The highest BCUT2D eigenvalue weighted by molar-refractivity contribution is 7.47. The lowest BCUT2D eigenvalue weighted by molar-refractivity contribution is -0.143. The summed E-state index contributed by atoms with van der Waals surface area (Å²) in [5.74, 6) is -0.189. The molecule has 0 fully saturated rings. The lowest BCUT2D eigenvalue weighted by Crippen LogP contribution is -2.15. The maximum atomic E-state index is 12.0. The number of ether oxygens (including phenoxy) is 3. The molecule has 2 aromatic carbocycles. The molecule has 4 N–H and O–H groups in total. The summed E-state index contributed by atoms with van der Waals surface area (Å²) in [4.78, 5) is 27.6. The zero-order chi connectivity index (χ0) is 29.6. The molecule has 0 amide bonds. The van der Waals surface area contributed by atoms with Crippen molar-refractivity contribution in [3.63, 3.8) is 0 Å². The standard InChI is InChI=1S/C16H18N2O5.C14H15O4P/c19-8-5-13-14(21-9-11-3-1-6-17-11)15(16(20)23-13)22-10-12-4-2-7-18-12;15-19(16,17-11-13-7-3-1-4-8-13)18-12-14-9-5-2-6-10-14/h1-4,6-7,13,17-19H,5,8-10H2;1-10H,11-12H2,(H,15,16). The number of hydrogen-bond donors (Lipinski definition) is 4. The lowest BCUT2D eigenvalue weighted by Gasteiger charge is -2.13. The summed E-state index contributed by atoms with van der Waals surface area (Å²) in [5, 5.41) is 9.13. The van der Waals surface area contributed by atoms with E-state index in [-0.39, 0.29) is 45.2 Å². The number of benzene rings is 2. The highest BCUT2D eigenvalue weighted by Crippen LogP contribution is 2.44. The number of hydrogen-bond acceptors (Lipinski definition) is 8. The fourth-order valence-corrected chi connectivity index (χ4v) is 4.50. The van der Waals surface area contributed by atoms with Crippen LogP contribution >= 0.6 is 7.82 Å². The molecule has 0 radical (unpaired) electrons. The highest BCUT2D eigenvalue weighted by atomic mass is 31.2. The number of cyclic esters (lactones) is 1. The predicted octanol–water partition coefficient (Wildman–Crippen LogP) is 5.12. The molecular weight excluding hydrogens is 563 g/mol. The van der Waals surface area contributed by atoms with Gasteiger partial charge in [-0.05, 0) is 35.4 Å². The summed E-state index contributed by atoms with van der Waals surface area (Å²) >= 11 is 0. The number of aromatic amines is 2. The molecule has 42 heavy (non-hydrogen) atoms. The summed E-state index contributed by atoms with van der Waals surface area (Å²) in [6, 6.07) is 25.8. The van der Waals surface area contributed by atoms with Crippen LogP contribution in [0.5, 0.6) is 0 Å². The molecule has 1 atom stereocenters. The van der Waals surface area contributed by atoms with Gasteiger partial charge in [-0.25, -0.2) is 9.36 Å². The molecule has 4 aromatic rings. The fourth-order valence-electron chi connectivity index (χ4n) is 3.80. The van der Waals surface area contributed by atoms with Crippen LogP contribution < -0.4 is 0 Å². The van der Waals surface area contributed by atoms with Crippen molar-refractivity contribution in [2.75, 3.05) is 6.61 Å². The van der Waals surface area contributed by atoms with Gasteiger partial charge in [-0.15, -0.1) is 0 Å². The first-order valence-corrected chi connectivity index (χ1v) is 14.7. The van der Waals surface area contributed by atoms with Crippen LogP contribution in [0.1, 0.15) is 28.9 Å². The van der Waals surface area contributed by atoms with Crippen LogP contribution in [0.4, 0.5) is 0 Å². The van der Waals surface area contributed by atoms with Crippen molar-refractivity contribution in [2.45, 2.75) is 39.0 Å². The third-order valence-corrected chi connectivity index (χ3v) is 6.81. The molecule has 12 heteroatoms. The number of esters is 1. The van der Waals surface area contributed by atoms with E-state index < -0.39 is 19.9 Å². The first kappa shape index (κ1) is 30.8. The van der Waals surface area contributed by atoms with Gasteiger partial charge in [0.15, 0.2) is 11.9 Å². The average Bonchev–Trinajstić information content (AvgIpc) is 3.78. The van der Waals surface area contributed by atoms with Crippen molar-refractivity contribution in [1.82, 2.24) is 9.97 Å². The molecule has 0 saturated heterocycles. The maximum Gasteiger partial charge on any atom is 0.472 e. The van der Waals surface area contributed by atoms with Gasteiger partial charge in [0.1, 0.15) is 13.2 Å². The Morgan fingerprint density at radius 1 is 0.738 bits per heavy atom. The van der Waals surface area contributed by atoms with E-state index in [1.807, 2.05) is 84.9 Å². The Kier molecular flexibility index (Phi) is 11.6. The predicted molar refractivity (Wildman–Crippen MR) is 152 cm³/mol. The molecule has 1 unspecified atom stereocenters. The number of rotatable bonds is 14. The summed E-state index contributed by atoms with van der Waals surface area (Å²) in [7, 11) is -4.02. The van der Waals surface area contributed by atoms with Crippen molar-refractivity contribution in [1.29, 1.82) is 0 Å². The van der Waals surface area contributed by atoms with E-state index in [4.69, 9.17) is 28.4 Å². The lowest BCUT2D eigenvalue weighted by atomic mass is 10.2. The SMILES string of the molecule is O=C1OC(CCO)C(OCc2ccc[nH]2)=C1OCc1ccc[nH]1.O=P(O)(OCc1ccccc1)OCc1ccccc1. The quantitative estimate of drug-likeness (QED) is 0.115. The van der Waals surface area contributed by atoms with Crippen molar-refractivity contribution in [3.8, 4) is 0 Å². The summed E-state index contributed by atoms with van der Waals surface area (Å²) in [6.07, 6.45) is 3.21. The number of aliphatic hydroxyl groups excluding tert-OH is 1. The Morgan fingerprint density at radius 3 is 1.74 bits per heavy atom. The van der Waals surface area contributed by atoms with E-state index in [0.29, 0.717) is 5.76 Å². The monoisotopic (exact) mass is 596 g/mol. The van der Waals surface area contributed by atoms with Gasteiger partial charge >= 0.3 is 13.8 Å². The van der Waals surface area contributed by atoms with Gasteiger partial charge < -0.3 is 34.2 Å². The van der Waals surface area contributed by atoms with E-state index >= 15 is 0 Å². The number of aromatic nitrogens is 2. The van der Waals surface area contributed by atoms with Crippen molar-refractivity contribution in [3.05, 3.63) is 131 Å². The van der Waals surface area contributed by atoms with E-state index in [0.717, 1.165) is 22.5 Å². The van der Waals surface area contributed by atoms with Gasteiger partial charge in [0.2, 0.25) is 5.76 Å². The van der Waals surface area contributed by atoms with Crippen molar-refractivity contribution in [2.24, 2.45) is 0 Å². The number of phosphoric ester groups is 1. The second-order valence-corrected chi connectivity index (χ2v) is 10.5. The zero-order valence-electron chi connectivity index (χ0n) is 22.8. The summed E-state index contributed by atoms with van der Waals surface area (Å²) in [6.45, 7) is 0.443. The first-order valence-electron chi connectivity index (χ1n) is 13.2. The number of carbonyl (C=O) groups is 1. The topological polar surface area (TPSA) is 152 Å². The molecule has 2 aromatic heterocycles. The molecular formula is C30H33N2O9P. The number of carbonyl (C=O) groups excluding carboxylic acids is 1. The first-order chi connectivity index (χ1) is 20.4. The van der Waals surface area contributed by atoms with Gasteiger partial charge in [0.25, 0.3) is 0 Å². The highest BCUT2D eigenvalue weighted by Gasteiger charge is 2.37. The average molecular weight is 597 g/mol. The van der Waals surface area contributed by atoms with Crippen LogP contribution in [0, 0.1) is 0 Å². The summed E-state index contributed by atoms with van der Waals surface area (Å²) < 4.78 is 38.0. The number of H-pyrrole nitrogens is 2. The molecule has 1 aliphatic rings. The Labute approximate surface area is 243 Å². The Hall–Kier alpha value is -4.12. The maximum absolute atomic E-state index is 12.0. The molecule has 0 spiro atoms. The summed E-state index contributed by atoms with van der Waals surface area (Å²) in [5.41, 5.74) is 3.34. The molecule has 222 valence electrons. The molecule has 0 saturated carbocycles. The third-order valence-electron chi connectivity index (χ3n) is 5.90. The van der Waals surface area contributed by atoms with E-state index in [9.17, 15) is 14.3 Å². The third kappa shape index (κ3) is 9.76. The van der Waals surface area contributed by atoms with E-state index in [1.165, 1.54) is 0 Å². The van der Waals surface area contributed by atoms with Crippen LogP contribution in [0.2, 0.25) is 0 Å². The fraction of sp³-hybridized carbons (Fsp3) is 0.233. The van der Waals surface area contributed by atoms with Crippen LogP contribution in [-0.4, -0.2) is 38.6 Å². The van der Waals surface area contributed by atoms with Gasteiger partial charge in [-0.3, -0.25) is 9.05 Å². The van der Waals surface area contributed by atoms with Crippen LogP contribution in [-0.2, 0) is 59.0 Å². The number of nitrogens with one attached hydrogen (secondary N) is 2. The Balaban J connectivity index is 0.000000197. The van der Waals surface area contributed by atoms with E-state index in [1.54, 1.807) is 12.4 Å². The van der Waals surface area contributed by atoms with Crippen LogP contribution in [0.25, 0.3) is 0 Å². The van der Waals surface area contributed by atoms with Crippen molar-refractivity contribution < 1.29 is 42.6 Å². The minimum atomic E-state index is -4.02. The zero-order valence-corrected chi connectivity index (χ0v) is 23.7. The smallest absolute Gasteiger partial charge is 0.472 e. The molecule has 1 aliphatic heterocycles. The van der Waals surface area contributed by atoms with Crippen LogP contribution in [0.3, 0.4) is 0 Å². The van der Waals surface area contributed by atoms with E-state index in [2.05, 4.69) is 9.97 Å². The van der Waals surface area contributed by atoms with Gasteiger partial charge in [-0.1, -0.05) is 60.7 Å². The van der Waals surface area contributed by atoms with Crippen molar-refractivity contribution >= 4 is 13.8 Å². The largest absolute Gasteiger partial charge is 0.484 e. The van der Waals surface area contributed by atoms with Gasteiger partial charge in [-0.2, -0.15) is 0 Å². The van der Waals surface area contributed by atoms with Crippen LogP contribution in [0.15, 0.2) is 109 Å². The molecule has 5 rings (SSSR count). The molecule has 0 aliphatic carbocycles. The molecule has 3 heterocycles. The Morgan fingerprint density at radius 2 is 1.26 bits per heavy atom. The number of aliphatic hydroxyl groups is 1. The Bertz CT molecular complexity index is 1380.